The summed E-state index contributed by atoms with van der Waals surface area (Å²) in [7, 11) is 1.85. The molecule has 2 N–H and O–H groups in total. The molecule has 0 saturated heterocycles. The monoisotopic (exact) mass is 215 g/mol. The molecule has 0 radical (unpaired) electrons. The Labute approximate surface area is 83.6 Å². The molecule has 11 heavy (non-hydrogen) atoms. The molecule has 0 aromatic carbocycles. The number of thiol groups is 1. The van der Waals surface area contributed by atoms with E-state index in [9.17, 15) is 0 Å². The van der Waals surface area contributed by atoms with Crippen LogP contribution >= 0.6 is 37.4 Å². The van der Waals surface area contributed by atoms with Crippen molar-refractivity contribution in [2.24, 2.45) is 12.8 Å². The van der Waals surface area contributed by atoms with Crippen LogP contribution in [0.3, 0.4) is 0 Å². The molecule has 0 saturated carbocycles. The highest BCUT2D eigenvalue weighted by Crippen LogP contribution is 2.08. The van der Waals surface area contributed by atoms with Crippen LogP contribution in [0.25, 0.3) is 0 Å². The van der Waals surface area contributed by atoms with E-state index in [0.717, 1.165) is 10.6 Å². The fraction of sp³-hybridized carbons (Fsp3) is 0.400. The number of halogens is 2. The second kappa shape index (κ2) is 5.71. The van der Waals surface area contributed by atoms with Gasteiger partial charge in [0.1, 0.15) is 0 Å². The van der Waals surface area contributed by atoms with Gasteiger partial charge in [-0.05, 0) is 0 Å². The van der Waals surface area contributed by atoms with E-state index in [1.165, 1.54) is 0 Å². The van der Waals surface area contributed by atoms with E-state index in [1.54, 1.807) is 4.68 Å². The average Bonchev–Trinajstić information content (AvgIpc) is 2.10. The lowest BCUT2D eigenvalue weighted by molar-refractivity contribution is 0.742. The topological polar surface area (TPSA) is 43.8 Å². The van der Waals surface area contributed by atoms with Crippen LogP contribution in [0, 0.1) is 0 Å². The number of hydrogen-bond acceptors (Lipinski definition) is 3. The summed E-state index contributed by atoms with van der Waals surface area (Å²) >= 11 is 4.14. The highest BCUT2D eigenvalue weighted by Gasteiger charge is 1.98. The third kappa shape index (κ3) is 3.33. The van der Waals surface area contributed by atoms with Gasteiger partial charge in [-0.1, -0.05) is 0 Å². The summed E-state index contributed by atoms with van der Waals surface area (Å²) in [6.07, 6.45) is 1.82. The predicted molar refractivity (Wildman–Crippen MR) is 52.8 cm³/mol. The number of aromatic nitrogens is 2. The molecule has 0 aliphatic rings. The van der Waals surface area contributed by atoms with E-state index in [1.807, 2.05) is 13.2 Å². The molecule has 0 aliphatic heterocycles. The molecule has 1 aromatic rings. The Kier molecular flexibility index (Phi) is 7.10. The van der Waals surface area contributed by atoms with Crippen molar-refractivity contribution in [1.29, 1.82) is 0 Å². The summed E-state index contributed by atoms with van der Waals surface area (Å²) in [4.78, 5) is 0.861. The fourth-order valence-electron chi connectivity index (χ4n) is 0.667. The van der Waals surface area contributed by atoms with Gasteiger partial charge in [-0.25, -0.2) is 0 Å². The summed E-state index contributed by atoms with van der Waals surface area (Å²) in [5.74, 6) is 0. The maximum atomic E-state index is 5.34. The normalized spacial score (nSPS) is 8.27. The first-order chi connectivity index (χ1) is 4.24. The number of nitrogens with two attached hydrogens (primary N) is 1. The maximum Gasteiger partial charge on any atom is 0.0893 e. The van der Waals surface area contributed by atoms with E-state index in [0.29, 0.717) is 6.54 Å². The van der Waals surface area contributed by atoms with Gasteiger partial charge in [-0.2, -0.15) is 5.10 Å². The molecule has 1 aromatic heterocycles. The fourth-order valence-corrected chi connectivity index (χ4v) is 0.970. The van der Waals surface area contributed by atoms with Gasteiger partial charge in [0.2, 0.25) is 0 Å². The molecule has 0 aliphatic carbocycles. The minimum atomic E-state index is 0. The molecule has 0 unspecified atom stereocenters. The zero-order chi connectivity index (χ0) is 6.85. The minimum Gasteiger partial charge on any atom is -0.325 e. The van der Waals surface area contributed by atoms with Crippen LogP contribution < -0.4 is 5.73 Å². The van der Waals surface area contributed by atoms with Crippen molar-refractivity contribution in [1.82, 2.24) is 9.78 Å². The summed E-state index contributed by atoms with van der Waals surface area (Å²) in [6.45, 7) is 0.458. The quantitative estimate of drug-likeness (QED) is 0.688. The summed E-state index contributed by atoms with van der Waals surface area (Å²) in [5.41, 5.74) is 6.19. The second-order valence-electron chi connectivity index (χ2n) is 1.84. The van der Waals surface area contributed by atoms with Crippen LogP contribution in [0.15, 0.2) is 11.1 Å². The van der Waals surface area contributed by atoms with Crippen molar-refractivity contribution < 1.29 is 0 Å². The molecule has 0 fully saturated rings. The molecule has 6 heteroatoms. The lowest BCUT2D eigenvalue weighted by Crippen LogP contribution is -1.98. The molecule has 0 bridgehead atoms. The molecule has 1 heterocycles. The van der Waals surface area contributed by atoms with Gasteiger partial charge in [-0.3, -0.25) is 4.68 Å². The highest BCUT2D eigenvalue weighted by molar-refractivity contribution is 7.80. The van der Waals surface area contributed by atoms with E-state index in [4.69, 9.17) is 5.73 Å². The number of rotatable bonds is 1. The van der Waals surface area contributed by atoms with Crippen LogP contribution in [0.4, 0.5) is 0 Å². The van der Waals surface area contributed by atoms with Crippen molar-refractivity contribution >= 4 is 37.4 Å². The summed E-state index contributed by atoms with van der Waals surface area (Å²) in [6, 6.07) is 0. The zero-order valence-corrected chi connectivity index (χ0v) is 8.55. The van der Waals surface area contributed by atoms with Gasteiger partial charge >= 0.3 is 0 Å². The number of aryl methyl sites for hydroxylation is 1. The van der Waals surface area contributed by atoms with Crippen molar-refractivity contribution in [3.63, 3.8) is 0 Å². The van der Waals surface area contributed by atoms with Crippen LogP contribution in [-0.2, 0) is 13.6 Å². The van der Waals surface area contributed by atoms with E-state index >= 15 is 0 Å². The van der Waals surface area contributed by atoms with Crippen LogP contribution in [0.1, 0.15) is 5.69 Å². The Morgan fingerprint density at radius 2 is 2.18 bits per heavy atom. The molecular formula is C5H11Cl2N3S. The van der Waals surface area contributed by atoms with Gasteiger partial charge in [0.25, 0.3) is 0 Å². The van der Waals surface area contributed by atoms with Gasteiger partial charge in [-0.15, -0.1) is 37.4 Å². The number of nitrogens with zero attached hydrogens (tertiary/aromatic N) is 2. The third-order valence-corrected chi connectivity index (χ3v) is 1.45. The second-order valence-corrected chi connectivity index (χ2v) is 2.32. The van der Waals surface area contributed by atoms with Gasteiger partial charge in [0, 0.05) is 24.7 Å². The smallest absolute Gasteiger partial charge is 0.0893 e. The lowest BCUT2D eigenvalue weighted by Gasteiger charge is -1.86. The van der Waals surface area contributed by atoms with E-state index < -0.39 is 0 Å². The molecular weight excluding hydrogens is 205 g/mol. The Morgan fingerprint density at radius 1 is 1.64 bits per heavy atom. The zero-order valence-electron chi connectivity index (χ0n) is 6.02. The average molecular weight is 216 g/mol. The van der Waals surface area contributed by atoms with Crippen LogP contribution in [-0.4, -0.2) is 9.78 Å². The van der Waals surface area contributed by atoms with Crippen molar-refractivity contribution in [3.05, 3.63) is 11.9 Å². The first-order valence-corrected chi connectivity index (χ1v) is 3.10. The summed E-state index contributed by atoms with van der Waals surface area (Å²) < 4.78 is 1.70. The minimum absolute atomic E-state index is 0. The lowest BCUT2D eigenvalue weighted by atomic mass is 10.4. The van der Waals surface area contributed by atoms with E-state index in [-0.39, 0.29) is 24.8 Å². The Balaban J connectivity index is 0. The van der Waals surface area contributed by atoms with Gasteiger partial charge in [0.05, 0.1) is 5.69 Å². The van der Waals surface area contributed by atoms with Crippen LogP contribution in [0.2, 0.25) is 0 Å². The standard InChI is InChI=1S/C5H9N3S.2ClH/c1-8-3-5(9)4(2-6)7-8;;/h3,9H,2,6H2,1H3;2*1H. The van der Waals surface area contributed by atoms with E-state index in [2.05, 4.69) is 17.7 Å². The van der Waals surface area contributed by atoms with Crippen molar-refractivity contribution in [2.45, 2.75) is 11.4 Å². The highest BCUT2D eigenvalue weighted by atomic mass is 35.5. The molecule has 0 amide bonds. The molecule has 0 spiro atoms. The SMILES string of the molecule is Cl.Cl.Cn1cc(S)c(CN)n1. The Hall–Kier alpha value is 0.1000. The molecule has 1 rings (SSSR count). The Morgan fingerprint density at radius 3 is 2.36 bits per heavy atom. The maximum absolute atomic E-state index is 5.34. The van der Waals surface area contributed by atoms with Gasteiger partial charge < -0.3 is 5.73 Å². The first-order valence-electron chi connectivity index (χ1n) is 2.65. The van der Waals surface area contributed by atoms with Crippen molar-refractivity contribution in [2.75, 3.05) is 0 Å². The molecule has 0 atom stereocenters. The molecule has 66 valence electrons. The third-order valence-electron chi connectivity index (χ3n) is 1.08. The predicted octanol–water partition coefficient (Wildman–Crippen LogP) is 1.01. The summed E-state index contributed by atoms with van der Waals surface area (Å²) in [5, 5.41) is 4.04. The van der Waals surface area contributed by atoms with Crippen molar-refractivity contribution in [3.8, 4) is 0 Å². The first kappa shape index (κ1) is 13.7. The molecule has 3 nitrogen and oxygen atoms in total. The number of hydrogen-bond donors (Lipinski definition) is 2. The largest absolute Gasteiger partial charge is 0.325 e. The van der Waals surface area contributed by atoms with Crippen LogP contribution in [0.5, 0.6) is 0 Å². The Bertz CT molecular complexity index is 213. The van der Waals surface area contributed by atoms with Gasteiger partial charge in [0.15, 0.2) is 0 Å².